The molecule has 1 N–H and O–H groups in total. The standard InChI is InChI=1S/C22H23N5O2/c1-16(12-13-17-8-4-2-5-9-17)23-20(28)19-21(29)27-15-14-26(22(27)25-24-19)18-10-6-3-7-11-18/h2-11,16H,12-15H2,1H3,(H,23,28). The van der Waals surface area contributed by atoms with Gasteiger partial charge in [0, 0.05) is 24.8 Å². The van der Waals surface area contributed by atoms with E-state index in [0.717, 1.165) is 18.5 Å². The van der Waals surface area contributed by atoms with Crippen LogP contribution in [0.25, 0.3) is 0 Å². The van der Waals surface area contributed by atoms with E-state index >= 15 is 0 Å². The minimum atomic E-state index is -0.475. The lowest BCUT2D eigenvalue weighted by molar-refractivity contribution is 0.0930. The molecule has 1 aliphatic heterocycles. The summed E-state index contributed by atoms with van der Waals surface area (Å²) >= 11 is 0. The molecule has 0 spiro atoms. The van der Waals surface area contributed by atoms with Crippen molar-refractivity contribution < 1.29 is 4.79 Å². The highest BCUT2D eigenvalue weighted by Crippen LogP contribution is 2.25. The molecule has 1 aliphatic rings. The lowest BCUT2D eigenvalue weighted by atomic mass is 10.1. The van der Waals surface area contributed by atoms with Gasteiger partial charge in [-0.1, -0.05) is 48.5 Å². The van der Waals surface area contributed by atoms with E-state index in [1.54, 1.807) is 0 Å². The zero-order valence-corrected chi connectivity index (χ0v) is 16.3. The summed E-state index contributed by atoms with van der Waals surface area (Å²) in [7, 11) is 0. The fraction of sp³-hybridized carbons (Fsp3) is 0.273. The number of benzene rings is 2. The number of para-hydroxylation sites is 1. The molecule has 148 valence electrons. The molecule has 3 aromatic rings. The Kier molecular flexibility index (Phi) is 5.37. The molecule has 0 bridgehead atoms. The molecule has 0 radical (unpaired) electrons. The summed E-state index contributed by atoms with van der Waals surface area (Å²) in [6, 6.07) is 19.7. The number of aromatic nitrogens is 3. The first-order valence-electron chi connectivity index (χ1n) is 9.78. The summed E-state index contributed by atoms with van der Waals surface area (Å²) in [6.07, 6.45) is 1.63. The van der Waals surface area contributed by atoms with Crippen molar-refractivity contribution in [3.63, 3.8) is 0 Å². The number of nitrogens with one attached hydrogen (secondary N) is 1. The molecule has 7 nitrogen and oxygen atoms in total. The second kappa shape index (κ2) is 8.26. The molecule has 0 saturated heterocycles. The Balaban J connectivity index is 1.45. The molecule has 0 aliphatic carbocycles. The highest BCUT2D eigenvalue weighted by Gasteiger charge is 2.27. The number of fused-ring (bicyclic) bond motifs is 1. The van der Waals surface area contributed by atoms with Crippen molar-refractivity contribution in [1.82, 2.24) is 20.1 Å². The van der Waals surface area contributed by atoms with Gasteiger partial charge in [0.15, 0.2) is 0 Å². The first kappa shape index (κ1) is 18.9. The zero-order chi connectivity index (χ0) is 20.2. The molecule has 4 rings (SSSR count). The van der Waals surface area contributed by atoms with E-state index in [1.165, 1.54) is 10.1 Å². The summed E-state index contributed by atoms with van der Waals surface area (Å²) in [4.78, 5) is 27.3. The predicted octanol–water partition coefficient (Wildman–Crippen LogP) is 2.54. The van der Waals surface area contributed by atoms with Crippen molar-refractivity contribution in [1.29, 1.82) is 0 Å². The Bertz CT molecular complexity index is 1050. The molecule has 2 aromatic carbocycles. The smallest absolute Gasteiger partial charge is 0.286 e. The van der Waals surface area contributed by atoms with E-state index in [0.29, 0.717) is 19.0 Å². The van der Waals surface area contributed by atoms with Crippen LogP contribution < -0.4 is 15.8 Å². The predicted molar refractivity (Wildman–Crippen MR) is 111 cm³/mol. The van der Waals surface area contributed by atoms with Crippen LogP contribution in [0.3, 0.4) is 0 Å². The number of carbonyl (C=O) groups is 1. The van der Waals surface area contributed by atoms with Crippen LogP contribution in [0, 0.1) is 0 Å². The molecule has 1 atom stereocenters. The number of rotatable bonds is 6. The Morgan fingerprint density at radius 2 is 1.72 bits per heavy atom. The maximum atomic E-state index is 12.8. The van der Waals surface area contributed by atoms with Crippen LogP contribution in [0.2, 0.25) is 0 Å². The fourth-order valence-electron chi connectivity index (χ4n) is 3.50. The number of aryl methyl sites for hydroxylation is 1. The van der Waals surface area contributed by atoms with Crippen LogP contribution in [0.1, 0.15) is 29.4 Å². The number of hydrogen-bond donors (Lipinski definition) is 1. The third-order valence-corrected chi connectivity index (χ3v) is 5.09. The molecule has 1 amide bonds. The topological polar surface area (TPSA) is 80.1 Å². The molecular formula is C22H23N5O2. The SMILES string of the molecule is CC(CCc1ccccc1)NC(=O)c1nnc2n(c1=O)CCN2c1ccccc1. The van der Waals surface area contributed by atoms with Gasteiger partial charge in [0.2, 0.25) is 11.6 Å². The van der Waals surface area contributed by atoms with Gasteiger partial charge in [-0.05, 0) is 37.5 Å². The molecular weight excluding hydrogens is 366 g/mol. The average molecular weight is 389 g/mol. The van der Waals surface area contributed by atoms with Gasteiger partial charge in [-0.15, -0.1) is 10.2 Å². The highest BCUT2D eigenvalue weighted by molar-refractivity contribution is 5.92. The molecule has 2 heterocycles. The number of nitrogens with zero attached hydrogens (tertiary/aromatic N) is 4. The third kappa shape index (κ3) is 4.03. The van der Waals surface area contributed by atoms with Crippen molar-refractivity contribution in [2.75, 3.05) is 11.4 Å². The van der Waals surface area contributed by atoms with Crippen molar-refractivity contribution in [3.05, 3.63) is 82.3 Å². The van der Waals surface area contributed by atoms with E-state index in [4.69, 9.17) is 0 Å². The van der Waals surface area contributed by atoms with Gasteiger partial charge in [0.25, 0.3) is 11.5 Å². The maximum absolute atomic E-state index is 12.8. The maximum Gasteiger partial charge on any atom is 0.286 e. The van der Waals surface area contributed by atoms with Crippen LogP contribution >= 0.6 is 0 Å². The van der Waals surface area contributed by atoms with Crippen LogP contribution in [-0.4, -0.2) is 33.3 Å². The second-order valence-corrected chi connectivity index (χ2v) is 7.19. The Labute approximate surface area is 169 Å². The molecule has 29 heavy (non-hydrogen) atoms. The van der Waals surface area contributed by atoms with Crippen LogP contribution in [0.5, 0.6) is 0 Å². The second-order valence-electron chi connectivity index (χ2n) is 7.19. The summed E-state index contributed by atoms with van der Waals surface area (Å²) in [5, 5.41) is 11.0. The lowest BCUT2D eigenvalue weighted by Gasteiger charge is -2.17. The van der Waals surface area contributed by atoms with Crippen LogP contribution in [0.15, 0.2) is 65.5 Å². The van der Waals surface area contributed by atoms with Crippen LogP contribution in [0.4, 0.5) is 11.6 Å². The highest BCUT2D eigenvalue weighted by atomic mass is 16.2. The number of anilines is 2. The monoisotopic (exact) mass is 389 g/mol. The Morgan fingerprint density at radius 1 is 1.03 bits per heavy atom. The van der Waals surface area contributed by atoms with Gasteiger partial charge in [-0.25, -0.2) is 0 Å². The molecule has 1 aromatic heterocycles. The van der Waals surface area contributed by atoms with Crippen molar-refractivity contribution in [2.45, 2.75) is 32.4 Å². The molecule has 7 heteroatoms. The number of hydrogen-bond acceptors (Lipinski definition) is 5. The van der Waals surface area contributed by atoms with Crippen LogP contribution in [-0.2, 0) is 13.0 Å². The first-order chi connectivity index (χ1) is 14.1. The van der Waals surface area contributed by atoms with Gasteiger partial charge >= 0.3 is 0 Å². The summed E-state index contributed by atoms with van der Waals surface area (Å²) < 4.78 is 1.52. The molecule has 1 unspecified atom stereocenters. The zero-order valence-electron chi connectivity index (χ0n) is 16.3. The normalized spacial score (nSPS) is 13.8. The van der Waals surface area contributed by atoms with Gasteiger partial charge in [0.1, 0.15) is 0 Å². The quantitative estimate of drug-likeness (QED) is 0.701. The van der Waals surface area contributed by atoms with E-state index in [9.17, 15) is 9.59 Å². The van der Waals surface area contributed by atoms with E-state index < -0.39 is 11.5 Å². The van der Waals surface area contributed by atoms with Gasteiger partial charge < -0.3 is 10.2 Å². The summed E-state index contributed by atoms with van der Waals surface area (Å²) in [6.45, 7) is 3.02. The van der Waals surface area contributed by atoms with Crippen molar-refractivity contribution >= 4 is 17.5 Å². The third-order valence-electron chi connectivity index (χ3n) is 5.09. The molecule has 0 saturated carbocycles. The summed E-state index contributed by atoms with van der Waals surface area (Å²) in [5.41, 5.74) is 1.60. The Hall–Kier alpha value is -3.48. The summed E-state index contributed by atoms with van der Waals surface area (Å²) in [5.74, 6) is -0.00796. The Morgan fingerprint density at radius 3 is 2.45 bits per heavy atom. The number of carbonyl (C=O) groups excluding carboxylic acids is 1. The molecule has 0 fully saturated rings. The lowest BCUT2D eigenvalue weighted by Crippen LogP contribution is -2.39. The van der Waals surface area contributed by atoms with E-state index in [-0.39, 0.29) is 11.7 Å². The average Bonchev–Trinajstić information content (AvgIpc) is 3.19. The van der Waals surface area contributed by atoms with Gasteiger partial charge in [0.05, 0.1) is 0 Å². The first-order valence-corrected chi connectivity index (χ1v) is 9.78. The van der Waals surface area contributed by atoms with Crippen molar-refractivity contribution in [2.24, 2.45) is 0 Å². The van der Waals surface area contributed by atoms with Gasteiger partial charge in [-0.3, -0.25) is 14.2 Å². The van der Waals surface area contributed by atoms with E-state index in [1.807, 2.05) is 60.4 Å². The van der Waals surface area contributed by atoms with Gasteiger partial charge in [-0.2, -0.15) is 0 Å². The largest absolute Gasteiger partial charge is 0.348 e. The fourth-order valence-corrected chi connectivity index (χ4v) is 3.50. The van der Waals surface area contributed by atoms with E-state index in [2.05, 4.69) is 27.6 Å². The minimum Gasteiger partial charge on any atom is -0.348 e. The van der Waals surface area contributed by atoms with Crippen molar-refractivity contribution in [3.8, 4) is 0 Å². The number of amides is 1. The minimum absolute atomic E-state index is 0.0806.